The predicted octanol–water partition coefficient (Wildman–Crippen LogP) is 0.0877. The Labute approximate surface area is 48.2 Å². The summed E-state index contributed by atoms with van der Waals surface area (Å²) in [7, 11) is 1.43. The van der Waals surface area contributed by atoms with Crippen LogP contribution in [0.25, 0.3) is 0 Å². The van der Waals surface area contributed by atoms with E-state index in [9.17, 15) is 0 Å². The Bertz CT molecular complexity index is 93.7. The van der Waals surface area contributed by atoms with Crippen LogP contribution < -0.4 is 0 Å². The summed E-state index contributed by atoms with van der Waals surface area (Å²) < 4.78 is 9.32. The lowest BCUT2D eigenvalue weighted by atomic mass is 10.3. The molecule has 0 amide bonds. The standard InChI is InChI=1S/C5H10O3/c1-3-4-5(6,7-2)8-4/h4,6H,3H2,1-2H3. The van der Waals surface area contributed by atoms with E-state index >= 15 is 0 Å². The molecule has 0 aromatic rings. The van der Waals surface area contributed by atoms with Crippen molar-refractivity contribution in [2.45, 2.75) is 25.4 Å². The van der Waals surface area contributed by atoms with Gasteiger partial charge in [0.2, 0.25) is 0 Å². The number of hydrogen-bond donors (Lipinski definition) is 1. The first kappa shape index (κ1) is 6.01. The van der Waals surface area contributed by atoms with E-state index in [4.69, 9.17) is 9.84 Å². The van der Waals surface area contributed by atoms with E-state index in [0.29, 0.717) is 0 Å². The fourth-order valence-corrected chi connectivity index (χ4v) is 0.691. The summed E-state index contributed by atoms with van der Waals surface area (Å²) in [6.07, 6.45) is 0.692. The highest BCUT2D eigenvalue weighted by atomic mass is 16.9. The van der Waals surface area contributed by atoms with Crippen molar-refractivity contribution in [1.82, 2.24) is 0 Å². The first-order valence-electron chi connectivity index (χ1n) is 2.68. The molecule has 1 rings (SSSR count). The molecule has 0 saturated carbocycles. The van der Waals surface area contributed by atoms with E-state index in [1.54, 1.807) is 0 Å². The molecule has 0 aliphatic carbocycles. The topological polar surface area (TPSA) is 42.0 Å². The van der Waals surface area contributed by atoms with Crippen molar-refractivity contribution in [1.29, 1.82) is 0 Å². The average molecular weight is 118 g/mol. The van der Waals surface area contributed by atoms with E-state index in [2.05, 4.69) is 4.74 Å². The molecule has 0 aromatic heterocycles. The minimum absolute atomic E-state index is 0.104. The molecule has 48 valence electrons. The molecule has 0 spiro atoms. The maximum Gasteiger partial charge on any atom is 0.308 e. The number of epoxide rings is 1. The Kier molecular flexibility index (Phi) is 1.27. The van der Waals surface area contributed by atoms with Crippen LogP contribution >= 0.6 is 0 Å². The van der Waals surface area contributed by atoms with E-state index in [-0.39, 0.29) is 6.10 Å². The number of aliphatic hydroxyl groups is 1. The smallest absolute Gasteiger partial charge is 0.308 e. The second kappa shape index (κ2) is 1.69. The van der Waals surface area contributed by atoms with Crippen LogP contribution in [-0.4, -0.2) is 24.3 Å². The normalized spacial score (nSPS) is 44.6. The summed E-state index contributed by atoms with van der Waals surface area (Å²) in [5.74, 6) is -1.24. The van der Waals surface area contributed by atoms with E-state index < -0.39 is 5.97 Å². The zero-order valence-electron chi connectivity index (χ0n) is 5.05. The quantitative estimate of drug-likeness (QED) is 0.412. The largest absolute Gasteiger partial charge is 0.341 e. The second-order valence-electron chi connectivity index (χ2n) is 1.85. The molecule has 1 aliphatic rings. The molecule has 0 bridgehead atoms. The van der Waals surface area contributed by atoms with Gasteiger partial charge in [0.15, 0.2) is 0 Å². The van der Waals surface area contributed by atoms with Crippen LogP contribution in [0.15, 0.2) is 0 Å². The van der Waals surface area contributed by atoms with Crippen LogP contribution in [0.2, 0.25) is 0 Å². The van der Waals surface area contributed by atoms with Gasteiger partial charge in [-0.2, -0.15) is 0 Å². The molecule has 1 aliphatic heterocycles. The molecule has 1 heterocycles. The van der Waals surface area contributed by atoms with Crippen LogP contribution in [0.4, 0.5) is 0 Å². The van der Waals surface area contributed by atoms with Gasteiger partial charge in [0, 0.05) is 7.11 Å². The summed E-state index contributed by atoms with van der Waals surface area (Å²) in [5.41, 5.74) is 0. The molecule has 0 aromatic carbocycles. The zero-order chi connectivity index (χ0) is 6.20. The fourth-order valence-electron chi connectivity index (χ4n) is 0.691. The summed E-state index contributed by atoms with van der Waals surface area (Å²) in [6, 6.07) is 0. The van der Waals surface area contributed by atoms with E-state index in [1.165, 1.54) is 7.11 Å². The van der Waals surface area contributed by atoms with Crippen molar-refractivity contribution in [3.8, 4) is 0 Å². The first-order chi connectivity index (χ1) is 3.73. The van der Waals surface area contributed by atoms with Crippen molar-refractivity contribution in [2.24, 2.45) is 0 Å². The predicted molar refractivity (Wildman–Crippen MR) is 27.1 cm³/mol. The van der Waals surface area contributed by atoms with Gasteiger partial charge < -0.3 is 14.6 Å². The van der Waals surface area contributed by atoms with Crippen molar-refractivity contribution in [3.63, 3.8) is 0 Å². The number of ether oxygens (including phenoxy) is 2. The number of methoxy groups -OCH3 is 1. The van der Waals surface area contributed by atoms with Crippen molar-refractivity contribution in [3.05, 3.63) is 0 Å². The third-order valence-electron chi connectivity index (χ3n) is 1.32. The maximum atomic E-state index is 8.95. The summed E-state index contributed by atoms with van der Waals surface area (Å²) >= 11 is 0. The second-order valence-corrected chi connectivity index (χ2v) is 1.85. The Morgan fingerprint density at radius 3 is 2.62 bits per heavy atom. The van der Waals surface area contributed by atoms with Crippen molar-refractivity contribution < 1.29 is 14.6 Å². The third kappa shape index (κ3) is 0.727. The molecule has 1 saturated heterocycles. The molecule has 1 N–H and O–H groups in total. The van der Waals surface area contributed by atoms with E-state index in [0.717, 1.165) is 6.42 Å². The molecule has 2 unspecified atom stereocenters. The SMILES string of the molecule is CCC1OC1(O)OC. The van der Waals surface area contributed by atoms with E-state index in [1.807, 2.05) is 6.92 Å². The molecule has 8 heavy (non-hydrogen) atoms. The Balaban J connectivity index is 2.31. The van der Waals surface area contributed by atoms with Crippen LogP contribution in [0.1, 0.15) is 13.3 Å². The fraction of sp³-hybridized carbons (Fsp3) is 1.00. The average Bonchev–Trinajstić information content (AvgIpc) is 2.44. The molecular formula is C5H10O3. The first-order valence-corrected chi connectivity index (χ1v) is 2.68. The van der Waals surface area contributed by atoms with Crippen molar-refractivity contribution >= 4 is 0 Å². The van der Waals surface area contributed by atoms with Gasteiger partial charge in [0.1, 0.15) is 6.10 Å². The maximum absolute atomic E-state index is 8.95. The molecule has 3 nitrogen and oxygen atoms in total. The third-order valence-corrected chi connectivity index (χ3v) is 1.32. The Morgan fingerprint density at radius 1 is 1.88 bits per heavy atom. The summed E-state index contributed by atoms with van der Waals surface area (Å²) in [6.45, 7) is 1.93. The van der Waals surface area contributed by atoms with Gasteiger partial charge in [0.25, 0.3) is 0 Å². The summed E-state index contributed by atoms with van der Waals surface area (Å²) in [4.78, 5) is 0. The molecular weight excluding hydrogens is 108 g/mol. The molecule has 1 fully saturated rings. The van der Waals surface area contributed by atoms with Crippen molar-refractivity contribution in [2.75, 3.05) is 7.11 Å². The minimum Gasteiger partial charge on any atom is -0.341 e. The Morgan fingerprint density at radius 2 is 2.50 bits per heavy atom. The van der Waals surface area contributed by atoms with Gasteiger partial charge in [-0.3, -0.25) is 0 Å². The lowest BCUT2D eigenvalue weighted by Gasteiger charge is -1.97. The van der Waals surface area contributed by atoms with Gasteiger partial charge >= 0.3 is 5.97 Å². The van der Waals surface area contributed by atoms with Crippen LogP contribution in [-0.2, 0) is 9.47 Å². The Hall–Kier alpha value is -0.120. The monoisotopic (exact) mass is 118 g/mol. The van der Waals surface area contributed by atoms with Gasteiger partial charge in [-0.15, -0.1) is 0 Å². The lowest BCUT2D eigenvalue weighted by molar-refractivity contribution is -0.175. The van der Waals surface area contributed by atoms with Gasteiger partial charge in [-0.1, -0.05) is 6.92 Å². The number of hydrogen-bond acceptors (Lipinski definition) is 3. The zero-order valence-corrected chi connectivity index (χ0v) is 5.05. The highest BCUT2D eigenvalue weighted by molar-refractivity contribution is 4.82. The molecule has 2 atom stereocenters. The highest BCUT2D eigenvalue weighted by Gasteiger charge is 2.55. The highest BCUT2D eigenvalue weighted by Crippen LogP contribution is 2.35. The van der Waals surface area contributed by atoms with Gasteiger partial charge in [0.05, 0.1) is 0 Å². The molecule has 3 heteroatoms. The van der Waals surface area contributed by atoms with Crippen LogP contribution in [0.5, 0.6) is 0 Å². The van der Waals surface area contributed by atoms with Crippen LogP contribution in [0.3, 0.4) is 0 Å². The minimum atomic E-state index is -1.24. The lowest BCUT2D eigenvalue weighted by Crippen LogP contribution is -2.15. The number of rotatable bonds is 2. The molecule has 0 radical (unpaired) electrons. The summed E-state index contributed by atoms with van der Waals surface area (Å²) in [5, 5.41) is 8.95. The van der Waals surface area contributed by atoms with Crippen LogP contribution in [0, 0.1) is 0 Å². The van der Waals surface area contributed by atoms with Gasteiger partial charge in [-0.05, 0) is 6.42 Å². The van der Waals surface area contributed by atoms with Gasteiger partial charge in [-0.25, -0.2) is 0 Å².